The number of nitrogens with one attached hydrogen (secondary N) is 2. The van der Waals surface area contributed by atoms with Crippen LogP contribution in [-0.2, 0) is 13.6 Å². The zero-order chi connectivity index (χ0) is 17.4. The predicted octanol–water partition coefficient (Wildman–Crippen LogP) is 2.44. The Labute approximate surface area is 140 Å². The van der Waals surface area contributed by atoms with E-state index in [1.807, 2.05) is 37.0 Å². The highest BCUT2D eigenvalue weighted by atomic mass is 19.2. The second-order valence-corrected chi connectivity index (χ2v) is 5.23. The van der Waals surface area contributed by atoms with Gasteiger partial charge in [0.2, 0.25) is 0 Å². The van der Waals surface area contributed by atoms with Gasteiger partial charge >= 0.3 is 0 Å². The molecule has 0 atom stereocenters. The first-order valence-electron chi connectivity index (χ1n) is 7.79. The van der Waals surface area contributed by atoms with Crippen LogP contribution in [0.2, 0.25) is 0 Å². The van der Waals surface area contributed by atoms with E-state index in [-0.39, 0.29) is 0 Å². The number of rotatable bonds is 7. The summed E-state index contributed by atoms with van der Waals surface area (Å²) in [7, 11) is 1.96. The van der Waals surface area contributed by atoms with Crippen molar-refractivity contribution in [3.63, 3.8) is 0 Å². The van der Waals surface area contributed by atoms with Crippen molar-refractivity contribution in [1.82, 2.24) is 15.2 Å². The van der Waals surface area contributed by atoms with Gasteiger partial charge in [0.25, 0.3) is 0 Å². The summed E-state index contributed by atoms with van der Waals surface area (Å²) >= 11 is 0. The number of halogens is 2. The van der Waals surface area contributed by atoms with Gasteiger partial charge < -0.3 is 19.9 Å². The first kappa shape index (κ1) is 17.8. The molecule has 0 amide bonds. The Morgan fingerprint density at radius 2 is 2.04 bits per heavy atom. The molecule has 2 N–H and O–H groups in total. The van der Waals surface area contributed by atoms with E-state index in [2.05, 4.69) is 15.6 Å². The average molecular weight is 336 g/mol. The lowest BCUT2D eigenvalue weighted by Crippen LogP contribution is -2.39. The Bertz CT molecular complexity index is 685. The van der Waals surface area contributed by atoms with Crippen LogP contribution in [0.4, 0.5) is 8.78 Å². The standard InChI is InChI=1S/C17H22F2N4O/c1-3-20-17(22-11-13-6-8-23(2)12-13)21-7-9-24-14-4-5-15(18)16(19)10-14/h4-6,8,10,12H,3,7,9,11H2,1-2H3,(H2,20,21,22). The number of benzene rings is 1. The van der Waals surface area contributed by atoms with Gasteiger partial charge in [-0.25, -0.2) is 13.8 Å². The number of aryl methyl sites for hydroxylation is 1. The summed E-state index contributed by atoms with van der Waals surface area (Å²) in [6.07, 6.45) is 3.99. The van der Waals surface area contributed by atoms with Crippen LogP contribution in [0.1, 0.15) is 12.5 Å². The van der Waals surface area contributed by atoms with E-state index in [0.29, 0.717) is 31.4 Å². The minimum absolute atomic E-state index is 0.293. The Kier molecular flexibility index (Phi) is 6.60. The molecule has 0 radical (unpaired) electrons. The number of hydrogen-bond acceptors (Lipinski definition) is 2. The fourth-order valence-corrected chi connectivity index (χ4v) is 2.07. The van der Waals surface area contributed by atoms with Gasteiger partial charge in [0, 0.05) is 32.1 Å². The maximum atomic E-state index is 13.1. The summed E-state index contributed by atoms with van der Waals surface area (Å²) in [6.45, 7) is 4.09. The van der Waals surface area contributed by atoms with Gasteiger partial charge in [0.15, 0.2) is 17.6 Å². The molecule has 0 bridgehead atoms. The molecule has 5 nitrogen and oxygen atoms in total. The number of hydrogen-bond donors (Lipinski definition) is 2. The molecular weight excluding hydrogens is 314 g/mol. The van der Waals surface area contributed by atoms with Crippen LogP contribution >= 0.6 is 0 Å². The lowest BCUT2D eigenvalue weighted by molar-refractivity contribution is 0.318. The van der Waals surface area contributed by atoms with E-state index < -0.39 is 11.6 Å². The number of aromatic nitrogens is 1. The Morgan fingerprint density at radius 3 is 2.71 bits per heavy atom. The summed E-state index contributed by atoms with van der Waals surface area (Å²) in [5.74, 6) is -0.835. The molecule has 2 aromatic rings. The summed E-state index contributed by atoms with van der Waals surface area (Å²) in [5, 5.41) is 6.28. The minimum atomic E-state index is -0.918. The first-order valence-corrected chi connectivity index (χ1v) is 7.79. The molecule has 0 aliphatic heterocycles. The summed E-state index contributed by atoms with van der Waals surface area (Å²) in [5.41, 5.74) is 1.12. The van der Waals surface area contributed by atoms with Crippen molar-refractivity contribution in [3.05, 3.63) is 53.9 Å². The van der Waals surface area contributed by atoms with Crippen molar-refractivity contribution in [1.29, 1.82) is 0 Å². The molecule has 24 heavy (non-hydrogen) atoms. The molecule has 1 heterocycles. The Balaban J connectivity index is 1.79. The van der Waals surface area contributed by atoms with Crippen LogP contribution in [-0.4, -0.2) is 30.2 Å². The van der Waals surface area contributed by atoms with Gasteiger partial charge in [-0.05, 0) is 30.7 Å². The van der Waals surface area contributed by atoms with Gasteiger partial charge in [-0.15, -0.1) is 0 Å². The average Bonchev–Trinajstić information content (AvgIpc) is 2.98. The van der Waals surface area contributed by atoms with Gasteiger partial charge in [-0.1, -0.05) is 0 Å². The third-order valence-electron chi connectivity index (χ3n) is 3.21. The number of ether oxygens (including phenoxy) is 1. The maximum Gasteiger partial charge on any atom is 0.191 e. The molecule has 0 aliphatic carbocycles. The van der Waals surface area contributed by atoms with E-state index in [1.165, 1.54) is 6.07 Å². The SMILES string of the molecule is CCNC(=NCc1ccn(C)c1)NCCOc1ccc(F)c(F)c1. The number of guanidine groups is 1. The topological polar surface area (TPSA) is 50.6 Å². The Morgan fingerprint density at radius 1 is 1.21 bits per heavy atom. The van der Waals surface area contributed by atoms with Gasteiger partial charge in [-0.2, -0.15) is 0 Å². The quantitative estimate of drug-likeness (QED) is 0.464. The molecule has 1 aromatic carbocycles. The van der Waals surface area contributed by atoms with E-state index in [9.17, 15) is 8.78 Å². The highest BCUT2D eigenvalue weighted by molar-refractivity contribution is 5.79. The predicted molar refractivity (Wildman–Crippen MR) is 90.1 cm³/mol. The van der Waals surface area contributed by atoms with Crippen LogP contribution in [0.3, 0.4) is 0 Å². The fraction of sp³-hybridized carbons (Fsp3) is 0.353. The number of aliphatic imine (C=N–C) groups is 1. The molecule has 7 heteroatoms. The normalized spacial score (nSPS) is 11.4. The largest absolute Gasteiger partial charge is 0.492 e. The smallest absolute Gasteiger partial charge is 0.191 e. The molecule has 2 rings (SSSR count). The summed E-state index contributed by atoms with van der Waals surface area (Å²) in [4.78, 5) is 4.48. The van der Waals surface area contributed by atoms with Crippen LogP contribution in [0.25, 0.3) is 0 Å². The molecule has 130 valence electrons. The molecule has 0 fully saturated rings. The molecule has 0 unspecified atom stereocenters. The van der Waals surface area contributed by atoms with Gasteiger partial charge in [0.1, 0.15) is 12.4 Å². The lowest BCUT2D eigenvalue weighted by Gasteiger charge is -2.12. The van der Waals surface area contributed by atoms with Crippen molar-refractivity contribution in [2.75, 3.05) is 19.7 Å². The third kappa shape index (κ3) is 5.57. The lowest BCUT2D eigenvalue weighted by atomic mass is 10.3. The van der Waals surface area contributed by atoms with E-state index in [0.717, 1.165) is 24.2 Å². The molecule has 0 aliphatic rings. The van der Waals surface area contributed by atoms with Crippen LogP contribution < -0.4 is 15.4 Å². The first-order chi connectivity index (χ1) is 11.6. The molecular formula is C17H22F2N4O. The number of nitrogens with zero attached hydrogens (tertiary/aromatic N) is 2. The van der Waals surface area contributed by atoms with E-state index in [4.69, 9.17) is 4.74 Å². The molecule has 0 spiro atoms. The van der Waals surface area contributed by atoms with E-state index in [1.54, 1.807) is 0 Å². The second-order valence-electron chi connectivity index (χ2n) is 5.23. The van der Waals surface area contributed by atoms with Gasteiger partial charge in [0.05, 0.1) is 13.1 Å². The zero-order valence-electron chi connectivity index (χ0n) is 13.9. The van der Waals surface area contributed by atoms with Crippen LogP contribution in [0.5, 0.6) is 5.75 Å². The third-order valence-corrected chi connectivity index (χ3v) is 3.21. The summed E-state index contributed by atoms with van der Waals surface area (Å²) < 4.78 is 33.3. The molecule has 0 saturated carbocycles. The van der Waals surface area contributed by atoms with Crippen molar-refractivity contribution in [2.45, 2.75) is 13.5 Å². The molecule has 0 saturated heterocycles. The van der Waals surface area contributed by atoms with E-state index >= 15 is 0 Å². The van der Waals surface area contributed by atoms with Crippen LogP contribution in [0, 0.1) is 11.6 Å². The zero-order valence-corrected chi connectivity index (χ0v) is 13.9. The molecule has 1 aromatic heterocycles. The van der Waals surface area contributed by atoms with Crippen LogP contribution in [0.15, 0.2) is 41.7 Å². The highest BCUT2D eigenvalue weighted by Gasteiger charge is 2.03. The second kappa shape index (κ2) is 8.90. The van der Waals surface area contributed by atoms with Crippen molar-refractivity contribution in [2.24, 2.45) is 12.0 Å². The summed E-state index contributed by atoms with van der Waals surface area (Å²) in [6, 6.07) is 5.49. The highest BCUT2D eigenvalue weighted by Crippen LogP contribution is 2.14. The van der Waals surface area contributed by atoms with Crippen molar-refractivity contribution >= 4 is 5.96 Å². The van der Waals surface area contributed by atoms with Gasteiger partial charge in [-0.3, -0.25) is 0 Å². The Hall–Kier alpha value is -2.57. The van der Waals surface area contributed by atoms with Crippen molar-refractivity contribution in [3.8, 4) is 5.75 Å². The fourth-order valence-electron chi connectivity index (χ4n) is 2.07. The minimum Gasteiger partial charge on any atom is -0.492 e. The maximum absolute atomic E-state index is 13.1. The van der Waals surface area contributed by atoms with Crippen molar-refractivity contribution < 1.29 is 13.5 Å². The monoisotopic (exact) mass is 336 g/mol.